The van der Waals surface area contributed by atoms with Gasteiger partial charge in [0.2, 0.25) is 0 Å². The molecule has 0 fully saturated rings. The summed E-state index contributed by atoms with van der Waals surface area (Å²) in [6, 6.07) is 16.7. The van der Waals surface area contributed by atoms with Gasteiger partial charge in [0.25, 0.3) is 0 Å². The molecule has 0 N–H and O–H groups in total. The molecule has 0 unspecified atom stereocenters. The number of Topliss-reactive ketones (excluding diaryl/α,β-unsaturated/α-hetero) is 1. The molecule has 5 nitrogen and oxygen atoms in total. The molecule has 110 valence electrons. The molecule has 0 spiro atoms. The second-order valence-electron chi connectivity index (χ2n) is 4.85. The minimum atomic E-state index is -0.0409. The fourth-order valence-corrected chi connectivity index (χ4v) is 2.24. The average Bonchev–Trinajstić information content (AvgIpc) is 2.96. The number of benzene rings is 2. The number of tetrazole rings is 1. The van der Waals surface area contributed by atoms with E-state index in [4.69, 9.17) is 11.6 Å². The van der Waals surface area contributed by atoms with Crippen molar-refractivity contribution in [2.45, 2.75) is 13.0 Å². The fraction of sp³-hybridized carbons (Fsp3) is 0.125. The van der Waals surface area contributed by atoms with E-state index in [2.05, 4.69) is 15.5 Å². The van der Waals surface area contributed by atoms with E-state index < -0.39 is 0 Å². The van der Waals surface area contributed by atoms with Gasteiger partial charge in [0.05, 0.1) is 13.0 Å². The van der Waals surface area contributed by atoms with Gasteiger partial charge in [-0.25, -0.2) is 4.68 Å². The van der Waals surface area contributed by atoms with Gasteiger partial charge in [-0.3, -0.25) is 4.79 Å². The predicted molar refractivity (Wildman–Crippen MR) is 82.8 cm³/mol. The summed E-state index contributed by atoms with van der Waals surface area (Å²) in [5.74, 6) is 0.504. The van der Waals surface area contributed by atoms with Crippen LogP contribution in [0.3, 0.4) is 0 Å². The van der Waals surface area contributed by atoms with Crippen LogP contribution in [0.2, 0.25) is 5.02 Å². The van der Waals surface area contributed by atoms with Gasteiger partial charge in [-0.05, 0) is 40.3 Å². The van der Waals surface area contributed by atoms with E-state index in [9.17, 15) is 4.79 Å². The zero-order valence-electron chi connectivity index (χ0n) is 11.7. The van der Waals surface area contributed by atoms with E-state index in [-0.39, 0.29) is 12.2 Å². The normalized spacial score (nSPS) is 10.6. The van der Waals surface area contributed by atoms with Gasteiger partial charge in [0.15, 0.2) is 11.6 Å². The van der Waals surface area contributed by atoms with Gasteiger partial charge in [-0.2, -0.15) is 0 Å². The van der Waals surface area contributed by atoms with E-state index in [1.165, 1.54) is 0 Å². The van der Waals surface area contributed by atoms with Crippen LogP contribution in [0, 0.1) is 0 Å². The standard InChI is InChI=1S/C16H13ClN4O/c17-14-8-6-13(7-9-14)15(22)10-16-18-19-20-21(16)11-12-4-2-1-3-5-12/h1-9H,10-11H2. The molecule has 0 aliphatic carbocycles. The van der Waals surface area contributed by atoms with Crippen molar-refractivity contribution in [2.75, 3.05) is 0 Å². The highest BCUT2D eigenvalue weighted by Crippen LogP contribution is 2.12. The van der Waals surface area contributed by atoms with Crippen molar-refractivity contribution >= 4 is 17.4 Å². The van der Waals surface area contributed by atoms with Crippen LogP contribution in [-0.2, 0) is 13.0 Å². The molecule has 6 heteroatoms. The number of nitrogens with zero attached hydrogens (tertiary/aromatic N) is 4. The first kappa shape index (κ1) is 14.4. The summed E-state index contributed by atoms with van der Waals surface area (Å²) in [5.41, 5.74) is 1.67. The van der Waals surface area contributed by atoms with Gasteiger partial charge in [-0.1, -0.05) is 41.9 Å². The molecule has 0 saturated carbocycles. The van der Waals surface area contributed by atoms with E-state index in [1.807, 2.05) is 30.3 Å². The van der Waals surface area contributed by atoms with Crippen molar-refractivity contribution in [2.24, 2.45) is 0 Å². The third-order valence-corrected chi connectivity index (χ3v) is 3.52. The van der Waals surface area contributed by atoms with E-state index in [0.717, 1.165) is 5.56 Å². The molecule has 0 amide bonds. The molecule has 22 heavy (non-hydrogen) atoms. The van der Waals surface area contributed by atoms with Crippen molar-refractivity contribution in [3.05, 3.63) is 76.6 Å². The minimum absolute atomic E-state index is 0.0409. The SMILES string of the molecule is O=C(Cc1nnnn1Cc1ccccc1)c1ccc(Cl)cc1. The maximum atomic E-state index is 12.3. The van der Waals surface area contributed by atoms with Crippen molar-refractivity contribution in [1.82, 2.24) is 20.2 Å². The number of hydrogen-bond acceptors (Lipinski definition) is 4. The van der Waals surface area contributed by atoms with Crippen LogP contribution in [0.4, 0.5) is 0 Å². The van der Waals surface area contributed by atoms with E-state index >= 15 is 0 Å². The maximum Gasteiger partial charge on any atom is 0.170 e. The topological polar surface area (TPSA) is 60.7 Å². The molecule has 0 radical (unpaired) electrons. The molecule has 0 bridgehead atoms. The highest BCUT2D eigenvalue weighted by molar-refractivity contribution is 6.30. The summed E-state index contributed by atoms with van der Waals surface area (Å²) in [4.78, 5) is 12.3. The van der Waals surface area contributed by atoms with Crippen LogP contribution in [0.1, 0.15) is 21.7 Å². The highest BCUT2D eigenvalue weighted by Gasteiger charge is 2.13. The van der Waals surface area contributed by atoms with Crippen LogP contribution in [-0.4, -0.2) is 26.0 Å². The number of carbonyl (C=O) groups is 1. The molecule has 0 aliphatic heterocycles. The lowest BCUT2D eigenvalue weighted by Crippen LogP contribution is -2.12. The van der Waals surface area contributed by atoms with Crippen molar-refractivity contribution in [1.29, 1.82) is 0 Å². The van der Waals surface area contributed by atoms with Gasteiger partial charge in [0, 0.05) is 10.6 Å². The van der Waals surface area contributed by atoms with E-state index in [1.54, 1.807) is 28.9 Å². The zero-order valence-corrected chi connectivity index (χ0v) is 12.4. The number of carbonyl (C=O) groups excluding carboxylic acids is 1. The Kier molecular flexibility index (Phi) is 4.25. The third kappa shape index (κ3) is 3.38. The van der Waals surface area contributed by atoms with Crippen molar-refractivity contribution < 1.29 is 4.79 Å². The summed E-state index contributed by atoms with van der Waals surface area (Å²) in [7, 11) is 0. The Hall–Kier alpha value is -2.53. The summed E-state index contributed by atoms with van der Waals surface area (Å²) in [6.07, 6.45) is 0.154. The fourth-order valence-electron chi connectivity index (χ4n) is 2.11. The largest absolute Gasteiger partial charge is 0.294 e. The lowest BCUT2D eigenvalue weighted by molar-refractivity contribution is 0.0989. The number of aromatic nitrogens is 4. The lowest BCUT2D eigenvalue weighted by Gasteiger charge is -2.04. The predicted octanol–water partition coefficient (Wildman–Crippen LogP) is 2.80. The Balaban J connectivity index is 1.75. The quantitative estimate of drug-likeness (QED) is 0.680. The lowest BCUT2D eigenvalue weighted by atomic mass is 10.1. The maximum absolute atomic E-state index is 12.3. The zero-order chi connectivity index (χ0) is 15.4. The van der Waals surface area contributed by atoms with Crippen LogP contribution < -0.4 is 0 Å². The summed E-state index contributed by atoms with van der Waals surface area (Å²) in [6.45, 7) is 0.539. The van der Waals surface area contributed by atoms with Crippen LogP contribution >= 0.6 is 11.6 Å². The minimum Gasteiger partial charge on any atom is -0.294 e. The molecule has 0 saturated heterocycles. The first-order chi connectivity index (χ1) is 10.7. The highest BCUT2D eigenvalue weighted by atomic mass is 35.5. The van der Waals surface area contributed by atoms with Crippen LogP contribution in [0.25, 0.3) is 0 Å². The van der Waals surface area contributed by atoms with Crippen LogP contribution in [0.15, 0.2) is 54.6 Å². The van der Waals surface area contributed by atoms with Crippen molar-refractivity contribution in [3.63, 3.8) is 0 Å². The van der Waals surface area contributed by atoms with Gasteiger partial charge in [-0.15, -0.1) is 5.10 Å². The second-order valence-corrected chi connectivity index (χ2v) is 5.28. The Morgan fingerprint density at radius 1 is 1.05 bits per heavy atom. The number of ketones is 1. The molecular weight excluding hydrogens is 300 g/mol. The van der Waals surface area contributed by atoms with Gasteiger partial charge < -0.3 is 0 Å². The van der Waals surface area contributed by atoms with Crippen molar-refractivity contribution in [3.8, 4) is 0 Å². The van der Waals surface area contributed by atoms with E-state index in [0.29, 0.717) is 23.0 Å². The summed E-state index contributed by atoms with van der Waals surface area (Å²) in [5, 5.41) is 12.2. The molecule has 3 aromatic rings. The summed E-state index contributed by atoms with van der Waals surface area (Å²) < 4.78 is 1.64. The summed E-state index contributed by atoms with van der Waals surface area (Å²) >= 11 is 5.83. The smallest absolute Gasteiger partial charge is 0.170 e. The Morgan fingerprint density at radius 3 is 2.50 bits per heavy atom. The third-order valence-electron chi connectivity index (χ3n) is 3.27. The number of halogens is 1. The first-order valence-corrected chi connectivity index (χ1v) is 7.18. The monoisotopic (exact) mass is 312 g/mol. The van der Waals surface area contributed by atoms with Gasteiger partial charge in [0.1, 0.15) is 0 Å². The molecule has 2 aromatic carbocycles. The molecule has 0 aliphatic rings. The van der Waals surface area contributed by atoms with Crippen LogP contribution in [0.5, 0.6) is 0 Å². The molecule has 0 atom stereocenters. The Morgan fingerprint density at radius 2 is 1.77 bits per heavy atom. The Labute approximate surface area is 132 Å². The first-order valence-electron chi connectivity index (χ1n) is 6.80. The average molecular weight is 313 g/mol. The van der Waals surface area contributed by atoms with Gasteiger partial charge >= 0.3 is 0 Å². The number of rotatable bonds is 5. The second kappa shape index (κ2) is 6.49. The Bertz CT molecular complexity index is 768. The number of hydrogen-bond donors (Lipinski definition) is 0. The molecule has 1 heterocycles. The molecule has 3 rings (SSSR count). The molecule has 1 aromatic heterocycles. The molecular formula is C16H13ClN4O.